The number of aromatic nitrogens is 2. The van der Waals surface area contributed by atoms with Crippen LogP contribution in [0.1, 0.15) is 45.5 Å². The molecule has 1 aliphatic heterocycles. The van der Waals surface area contributed by atoms with Gasteiger partial charge in [0.15, 0.2) is 0 Å². The number of rotatable bonds is 2. The van der Waals surface area contributed by atoms with E-state index in [9.17, 15) is 4.79 Å². The molecular weight excluding hydrogens is 238 g/mol. The lowest BCUT2D eigenvalue weighted by Gasteiger charge is -2.18. The molecule has 1 aliphatic rings. The van der Waals surface area contributed by atoms with E-state index in [4.69, 9.17) is 0 Å². The van der Waals surface area contributed by atoms with Gasteiger partial charge in [-0.25, -0.2) is 9.97 Å². The Balaban J connectivity index is 2.03. The van der Waals surface area contributed by atoms with E-state index in [2.05, 4.69) is 36.8 Å². The average molecular weight is 261 g/mol. The molecule has 0 spiro atoms. The molecule has 2 rings (SSSR count). The molecule has 2 heterocycles. The number of likely N-dealkylation sites (tertiary alicyclic amines) is 1. The van der Waals surface area contributed by atoms with Gasteiger partial charge in [0.05, 0.1) is 0 Å². The molecule has 0 unspecified atom stereocenters. The van der Waals surface area contributed by atoms with Gasteiger partial charge in [0, 0.05) is 36.8 Å². The van der Waals surface area contributed by atoms with Crippen LogP contribution in [0, 0.1) is 5.92 Å². The first-order valence-corrected chi connectivity index (χ1v) is 6.93. The van der Waals surface area contributed by atoms with Crippen LogP contribution in [0.5, 0.6) is 0 Å². The Morgan fingerprint density at radius 3 is 2.74 bits per heavy atom. The molecule has 1 aromatic heterocycles. The van der Waals surface area contributed by atoms with Crippen LogP contribution in [0.25, 0.3) is 0 Å². The third-order valence-corrected chi connectivity index (χ3v) is 3.72. The molecular formula is C15H23N3O. The van der Waals surface area contributed by atoms with Crippen LogP contribution < -0.4 is 0 Å². The predicted molar refractivity (Wildman–Crippen MR) is 74.8 cm³/mol. The molecule has 4 nitrogen and oxygen atoms in total. The fraction of sp³-hybridized carbons (Fsp3) is 0.667. The molecule has 0 aromatic carbocycles. The van der Waals surface area contributed by atoms with Crippen LogP contribution in [-0.2, 0) is 16.6 Å². The van der Waals surface area contributed by atoms with E-state index in [1.54, 1.807) is 13.3 Å². The lowest BCUT2D eigenvalue weighted by Crippen LogP contribution is -2.26. The second-order valence-electron chi connectivity index (χ2n) is 6.47. The monoisotopic (exact) mass is 261 g/mol. The van der Waals surface area contributed by atoms with Crippen molar-refractivity contribution in [2.75, 3.05) is 13.1 Å². The Hall–Kier alpha value is -1.45. The number of carbonyl (C=O) groups is 1. The van der Waals surface area contributed by atoms with Gasteiger partial charge in [-0.3, -0.25) is 4.79 Å². The van der Waals surface area contributed by atoms with Gasteiger partial charge in [-0.05, 0) is 24.8 Å². The Kier molecular flexibility index (Phi) is 3.88. The summed E-state index contributed by atoms with van der Waals surface area (Å²) in [5, 5.41) is 0. The zero-order valence-electron chi connectivity index (χ0n) is 12.3. The summed E-state index contributed by atoms with van der Waals surface area (Å²) < 4.78 is 0. The van der Waals surface area contributed by atoms with Crippen LogP contribution in [0.2, 0.25) is 0 Å². The normalized spacial score (nSPS) is 19.8. The van der Waals surface area contributed by atoms with Crippen LogP contribution >= 0.6 is 0 Å². The molecule has 4 heteroatoms. The first-order chi connectivity index (χ1) is 8.86. The first kappa shape index (κ1) is 14.0. The fourth-order valence-corrected chi connectivity index (χ4v) is 2.50. The van der Waals surface area contributed by atoms with Crippen molar-refractivity contribution >= 4 is 5.91 Å². The Morgan fingerprint density at radius 1 is 1.42 bits per heavy atom. The smallest absolute Gasteiger partial charge is 0.219 e. The molecule has 1 atom stereocenters. The van der Waals surface area contributed by atoms with E-state index in [-0.39, 0.29) is 11.3 Å². The van der Waals surface area contributed by atoms with E-state index in [1.807, 2.05) is 4.90 Å². The van der Waals surface area contributed by atoms with Crippen molar-refractivity contribution in [3.05, 3.63) is 23.8 Å². The highest BCUT2D eigenvalue weighted by Crippen LogP contribution is 2.23. The van der Waals surface area contributed by atoms with Crippen LogP contribution in [-0.4, -0.2) is 33.9 Å². The maximum absolute atomic E-state index is 11.3. The quantitative estimate of drug-likeness (QED) is 0.819. The van der Waals surface area contributed by atoms with Gasteiger partial charge in [-0.1, -0.05) is 20.8 Å². The third kappa shape index (κ3) is 3.52. The summed E-state index contributed by atoms with van der Waals surface area (Å²) in [6, 6.07) is 2.11. The van der Waals surface area contributed by atoms with Gasteiger partial charge >= 0.3 is 0 Å². The minimum absolute atomic E-state index is 0.0544. The van der Waals surface area contributed by atoms with Crippen LogP contribution in [0.4, 0.5) is 0 Å². The highest BCUT2D eigenvalue weighted by Gasteiger charge is 2.25. The molecule has 1 aromatic rings. The summed E-state index contributed by atoms with van der Waals surface area (Å²) in [6.07, 6.45) is 3.68. The summed E-state index contributed by atoms with van der Waals surface area (Å²) in [4.78, 5) is 22.0. The van der Waals surface area contributed by atoms with Gasteiger partial charge in [-0.15, -0.1) is 0 Å². The van der Waals surface area contributed by atoms with Crippen molar-refractivity contribution in [1.82, 2.24) is 14.9 Å². The zero-order valence-corrected chi connectivity index (χ0v) is 12.3. The summed E-state index contributed by atoms with van der Waals surface area (Å²) >= 11 is 0. The number of amides is 1. The maximum atomic E-state index is 11.3. The zero-order chi connectivity index (χ0) is 14.0. The summed E-state index contributed by atoms with van der Waals surface area (Å²) in [6.45, 7) is 9.87. The molecule has 0 aliphatic carbocycles. The second kappa shape index (κ2) is 5.27. The van der Waals surface area contributed by atoms with Gasteiger partial charge in [0.1, 0.15) is 6.33 Å². The van der Waals surface area contributed by atoms with E-state index >= 15 is 0 Å². The van der Waals surface area contributed by atoms with Crippen molar-refractivity contribution in [1.29, 1.82) is 0 Å². The standard InChI is InChI=1S/C15H23N3O/c1-11(19)18-6-5-12(9-18)7-13-8-14(15(2,3)4)17-10-16-13/h8,10,12H,5-7,9H2,1-4H3/t12-/m1/s1. The molecule has 1 amide bonds. The number of carbonyl (C=O) groups excluding carboxylic acids is 1. The minimum Gasteiger partial charge on any atom is -0.343 e. The molecule has 1 fully saturated rings. The predicted octanol–water partition coefficient (Wildman–Crippen LogP) is 2.19. The number of hydrogen-bond donors (Lipinski definition) is 0. The Labute approximate surface area is 115 Å². The molecule has 0 N–H and O–H groups in total. The van der Waals surface area contributed by atoms with Gasteiger partial charge in [0.2, 0.25) is 5.91 Å². The highest BCUT2D eigenvalue weighted by atomic mass is 16.2. The van der Waals surface area contributed by atoms with E-state index < -0.39 is 0 Å². The summed E-state index contributed by atoms with van der Waals surface area (Å²) in [5.74, 6) is 0.715. The maximum Gasteiger partial charge on any atom is 0.219 e. The SMILES string of the molecule is CC(=O)N1CC[C@H](Cc2cc(C(C)(C)C)ncn2)C1. The summed E-state index contributed by atoms with van der Waals surface area (Å²) in [7, 11) is 0. The molecule has 0 saturated carbocycles. The molecule has 0 radical (unpaired) electrons. The van der Waals surface area contributed by atoms with Crippen molar-refractivity contribution in [2.45, 2.75) is 46.0 Å². The topological polar surface area (TPSA) is 46.1 Å². The largest absolute Gasteiger partial charge is 0.343 e. The first-order valence-electron chi connectivity index (χ1n) is 6.93. The van der Waals surface area contributed by atoms with E-state index in [0.29, 0.717) is 5.92 Å². The lowest BCUT2D eigenvalue weighted by atomic mass is 9.90. The molecule has 0 bridgehead atoms. The number of hydrogen-bond acceptors (Lipinski definition) is 3. The van der Waals surface area contributed by atoms with Gasteiger partial charge in [0.25, 0.3) is 0 Å². The van der Waals surface area contributed by atoms with Crippen LogP contribution in [0.15, 0.2) is 12.4 Å². The molecule has 1 saturated heterocycles. The van der Waals surface area contributed by atoms with Crippen molar-refractivity contribution < 1.29 is 4.79 Å². The van der Waals surface area contributed by atoms with Crippen molar-refractivity contribution in [3.63, 3.8) is 0 Å². The third-order valence-electron chi connectivity index (χ3n) is 3.72. The Morgan fingerprint density at radius 2 is 2.16 bits per heavy atom. The number of nitrogens with zero attached hydrogens (tertiary/aromatic N) is 3. The average Bonchev–Trinajstić information content (AvgIpc) is 2.77. The minimum atomic E-state index is 0.0544. The fourth-order valence-electron chi connectivity index (χ4n) is 2.50. The van der Waals surface area contributed by atoms with Crippen molar-refractivity contribution in [3.8, 4) is 0 Å². The second-order valence-corrected chi connectivity index (χ2v) is 6.47. The molecule has 104 valence electrons. The Bertz CT molecular complexity index is 465. The highest BCUT2D eigenvalue weighted by molar-refractivity contribution is 5.73. The van der Waals surface area contributed by atoms with Crippen LogP contribution in [0.3, 0.4) is 0 Å². The van der Waals surface area contributed by atoms with E-state index in [1.165, 1.54) is 0 Å². The molecule has 19 heavy (non-hydrogen) atoms. The van der Waals surface area contributed by atoms with E-state index in [0.717, 1.165) is 37.3 Å². The van der Waals surface area contributed by atoms with Gasteiger partial charge in [-0.2, -0.15) is 0 Å². The van der Waals surface area contributed by atoms with Crippen molar-refractivity contribution in [2.24, 2.45) is 5.92 Å². The lowest BCUT2D eigenvalue weighted by molar-refractivity contribution is -0.127. The summed E-state index contributed by atoms with van der Waals surface area (Å²) in [5.41, 5.74) is 2.23. The van der Waals surface area contributed by atoms with Gasteiger partial charge < -0.3 is 4.90 Å².